The minimum Gasteiger partial charge on any atom is -0.508 e. The lowest BCUT2D eigenvalue weighted by atomic mass is 10.0. The maximum absolute atomic E-state index is 13.9. The van der Waals surface area contributed by atoms with E-state index >= 15 is 0 Å². The summed E-state index contributed by atoms with van der Waals surface area (Å²) in [4.78, 5) is 40.4. The molecule has 3 amide bonds. The van der Waals surface area contributed by atoms with Crippen molar-refractivity contribution in [1.82, 2.24) is 9.69 Å². The number of anilines is 2. The number of ether oxygens (including phenoxy) is 1. The summed E-state index contributed by atoms with van der Waals surface area (Å²) in [6.07, 6.45) is 0. The van der Waals surface area contributed by atoms with Crippen LogP contribution < -0.4 is 26.4 Å². The van der Waals surface area contributed by atoms with Gasteiger partial charge in [0.1, 0.15) is 28.2 Å². The van der Waals surface area contributed by atoms with Crippen molar-refractivity contribution in [1.29, 1.82) is 0 Å². The number of halogens is 1. The Bertz CT molecular complexity index is 1490. The van der Waals surface area contributed by atoms with Gasteiger partial charge in [0.25, 0.3) is 11.8 Å². The quantitative estimate of drug-likeness (QED) is 0.249. The number of phenolic OH excluding ortho intramolecular Hbond substituents is 1. The van der Waals surface area contributed by atoms with E-state index in [4.69, 9.17) is 16.2 Å². The average Bonchev–Trinajstić information content (AvgIpc) is 3.33. The molecule has 10 nitrogen and oxygen atoms in total. The number of amides is 3. The Kier molecular flexibility index (Phi) is 8.06. The van der Waals surface area contributed by atoms with Gasteiger partial charge in [-0.25, -0.2) is 4.39 Å². The van der Waals surface area contributed by atoms with Crippen molar-refractivity contribution >= 4 is 40.6 Å². The monoisotopic (exact) mass is 549 g/mol. The highest BCUT2D eigenvalue weighted by atomic mass is 32.1. The Morgan fingerprint density at radius 1 is 1.05 bits per heavy atom. The van der Waals surface area contributed by atoms with Crippen molar-refractivity contribution in [2.24, 2.45) is 5.73 Å². The highest BCUT2D eigenvalue weighted by Crippen LogP contribution is 2.34. The number of nitrogen functional groups attached to an aromatic ring is 1. The van der Waals surface area contributed by atoms with Gasteiger partial charge in [-0.15, -0.1) is 0 Å². The van der Waals surface area contributed by atoms with Crippen molar-refractivity contribution < 1.29 is 28.6 Å². The van der Waals surface area contributed by atoms with Crippen LogP contribution >= 0.6 is 11.5 Å². The molecule has 3 aromatic carbocycles. The Labute approximate surface area is 226 Å². The molecule has 4 rings (SSSR count). The topological polar surface area (TPSA) is 161 Å². The molecule has 0 aliphatic heterocycles. The van der Waals surface area contributed by atoms with Crippen LogP contribution in [0.4, 0.5) is 15.8 Å². The molecule has 1 atom stereocenters. The summed E-state index contributed by atoms with van der Waals surface area (Å²) >= 11 is 0.655. The molecule has 0 saturated carbocycles. The van der Waals surface area contributed by atoms with E-state index < -0.39 is 29.6 Å². The van der Waals surface area contributed by atoms with Crippen LogP contribution in [0.3, 0.4) is 0 Å². The molecule has 0 fully saturated rings. The highest BCUT2D eigenvalue weighted by molar-refractivity contribution is 7.09. The molecular formula is C27H24FN5O5S. The number of primary amides is 1. The van der Waals surface area contributed by atoms with E-state index in [-0.39, 0.29) is 34.2 Å². The highest BCUT2D eigenvalue weighted by Gasteiger charge is 2.36. The molecule has 0 saturated heterocycles. The van der Waals surface area contributed by atoms with Crippen molar-refractivity contribution in [3.63, 3.8) is 0 Å². The van der Waals surface area contributed by atoms with Gasteiger partial charge in [-0.2, -0.15) is 4.37 Å². The van der Waals surface area contributed by atoms with Crippen molar-refractivity contribution in [3.8, 4) is 11.5 Å². The van der Waals surface area contributed by atoms with Gasteiger partial charge < -0.3 is 26.6 Å². The van der Waals surface area contributed by atoms with Gasteiger partial charge in [0, 0.05) is 12.2 Å². The molecule has 0 aliphatic carbocycles. The first-order valence-corrected chi connectivity index (χ1v) is 12.3. The number of aromatic hydroxyl groups is 1. The standard InChI is InChI=1S/C27H24FN5O5S/c1-38-20-12-2-15(3-13-20)14-31-26(36)23(16-4-10-19(34)11-5-16)33(18-8-6-17(28)7-9-18)27(37)24-21(29)22(25(30)35)32-39-24/h2-13,23,34H,14,29H2,1H3,(H2,30,35)(H,31,36). The Morgan fingerprint density at radius 2 is 1.69 bits per heavy atom. The second-order valence-electron chi connectivity index (χ2n) is 8.35. The molecule has 4 aromatic rings. The molecule has 1 unspecified atom stereocenters. The van der Waals surface area contributed by atoms with E-state index in [9.17, 15) is 23.9 Å². The molecule has 1 aromatic heterocycles. The number of nitrogens with zero attached hydrogens (tertiary/aromatic N) is 2. The summed E-state index contributed by atoms with van der Waals surface area (Å²) in [6.45, 7) is 0.122. The van der Waals surface area contributed by atoms with Crippen LogP contribution in [0, 0.1) is 5.82 Å². The smallest absolute Gasteiger partial charge is 0.273 e. The van der Waals surface area contributed by atoms with Crippen LogP contribution in [0.25, 0.3) is 0 Å². The zero-order chi connectivity index (χ0) is 28.1. The fourth-order valence-electron chi connectivity index (χ4n) is 3.83. The molecule has 200 valence electrons. The van der Waals surface area contributed by atoms with E-state index in [1.807, 2.05) is 0 Å². The molecule has 0 spiro atoms. The number of carbonyl (C=O) groups excluding carboxylic acids is 3. The van der Waals surface area contributed by atoms with Crippen LogP contribution in [-0.4, -0.2) is 34.3 Å². The first-order valence-electron chi connectivity index (χ1n) is 11.5. The van der Waals surface area contributed by atoms with Crippen LogP contribution in [0.15, 0.2) is 72.8 Å². The van der Waals surface area contributed by atoms with Crippen molar-refractivity contribution in [2.75, 3.05) is 17.7 Å². The largest absolute Gasteiger partial charge is 0.508 e. The van der Waals surface area contributed by atoms with Crippen LogP contribution in [0.5, 0.6) is 11.5 Å². The Morgan fingerprint density at radius 3 is 2.26 bits per heavy atom. The lowest BCUT2D eigenvalue weighted by Gasteiger charge is -2.31. The molecule has 0 radical (unpaired) electrons. The number of methoxy groups -OCH3 is 1. The molecule has 12 heteroatoms. The number of hydrogen-bond donors (Lipinski definition) is 4. The maximum atomic E-state index is 13.9. The van der Waals surface area contributed by atoms with Gasteiger partial charge in [0.15, 0.2) is 5.69 Å². The SMILES string of the molecule is COc1ccc(CNC(=O)C(c2ccc(O)cc2)N(C(=O)c2snc(C(N)=O)c2N)c2ccc(F)cc2)cc1. The lowest BCUT2D eigenvalue weighted by molar-refractivity contribution is -0.122. The maximum Gasteiger partial charge on any atom is 0.273 e. The third-order valence-corrected chi connectivity index (χ3v) is 6.67. The predicted octanol–water partition coefficient (Wildman–Crippen LogP) is 3.38. The number of hydrogen-bond acceptors (Lipinski definition) is 8. The van der Waals surface area contributed by atoms with Crippen LogP contribution in [-0.2, 0) is 11.3 Å². The minimum atomic E-state index is -1.29. The molecule has 39 heavy (non-hydrogen) atoms. The zero-order valence-corrected chi connectivity index (χ0v) is 21.4. The van der Waals surface area contributed by atoms with Gasteiger partial charge in [-0.1, -0.05) is 24.3 Å². The molecule has 6 N–H and O–H groups in total. The summed E-state index contributed by atoms with van der Waals surface area (Å²) in [7, 11) is 1.54. The second-order valence-corrected chi connectivity index (χ2v) is 9.12. The molecule has 1 heterocycles. The fourth-order valence-corrected chi connectivity index (χ4v) is 4.57. The van der Waals surface area contributed by atoms with E-state index in [0.717, 1.165) is 22.6 Å². The van der Waals surface area contributed by atoms with E-state index in [0.29, 0.717) is 22.8 Å². The first kappa shape index (κ1) is 27.1. The number of rotatable bonds is 9. The molecule has 0 aliphatic rings. The average molecular weight is 550 g/mol. The third-order valence-electron chi connectivity index (χ3n) is 5.82. The number of carbonyl (C=O) groups is 3. The summed E-state index contributed by atoms with van der Waals surface area (Å²) in [5.41, 5.74) is 12.1. The van der Waals surface area contributed by atoms with E-state index in [1.54, 1.807) is 31.4 Å². The summed E-state index contributed by atoms with van der Waals surface area (Å²) in [5.74, 6) is -2.20. The predicted molar refractivity (Wildman–Crippen MR) is 144 cm³/mol. The number of phenols is 1. The lowest BCUT2D eigenvalue weighted by Crippen LogP contribution is -2.44. The van der Waals surface area contributed by atoms with E-state index in [2.05, 4.69) is 9.69 Å². The van der Waals surface area contributed by atoms with Crippen LogP contribution in [0.2, 0.25) is 0 Å². The Balaban J connectivity index is 1.78. The minimum absolute atomic E-state index is 0.0476. The molecule has 0 bridgehead atoms. The second kappa shape index (κ2) is 11.6. The van der Waals surface area contributed by atoms with Crippen molar-refractivity contribution in [3.05, 3.63) is 100 Å². The normalized spacial score (nSPS) is 11.4. The molecular weight excluding hydrogens is 525 g/mol. The van der Waals surface area contributed by atoms with Gasteiger partial charge in [-0.05, 0) is 71.2 Å². The summed E-state index contributed by atoms with van der Waals surface area (Å²) < 4.78 is 22.9. The van der Waals surface area contributed by atoms with Gasteiger partial charge >= 0.3 is 0 Å². The number of nitrogens with two attached hydrogens (primary N) is 2. The third kappa shape index (κ3) is 5.96. The van der Waals surface area contributed by atoms with Crippen LogP contribution in [0.1, 0.15) is 37.3 Å². The number of benzene rings is 3. The zero-order valence-electron chi connectivity index (χ0n) is 20.6. The summed E-state index contributed by atoms with van der Waals surface area (Å²) in [6, 6.07) is 16.4. The number of aromatic nitrogens is 1. The fraction of sp³-hybridized carbons (Fsp3) is 0.111. The Hall–Kier alpha value is -4.97. The van der Waals surface area contributed by atoms with Gasteiger partial charge in [0.2, 0.25) is 5.91 Å². The van der Waals surface area contributed by atoms with E-state index in [1.165, 1.54) is 36.4 Å². The summed E-state index contributed by atoms with van der Waals surface area (Å²) in [5, 5.41) is 12.7. The van der Waals surface area contributed by atoms with Gasteiger partial charge in [0.05, 0.1) is 12.8 Å². The number of nitrogens with one attached hydrogen (secondary N) is 1. The van der Waals surface area contributed by atoms with Gasteiger partial charge in [-0.3, -0.25) is 19.3 Å². The van der Waals surface area contributed by atoms with Crippen molar-refractivity contribution in [2.45, 2.75) is 12.6 Å². The first-order chi connectivity index (χ1) is 18.7.